The average Bonchev–Trinajstić information content (AvgIpc) is 3.34. The maximum absolute atomic E-state index is 3.95. The van der Waals surface area contributed by atoms with Gasteiger partial charge in [0, 0.05) is 39.0 Å². The minimum Gasteiger partial charge on any atom is -0.870 e. The Kier molecular flexibility index (Phi) is 33.4. The first-order valence-electron chi connectivity index (χ1n) is 10.3. The second kappa shape index (κ2) is 26.4. The molecule has 2 rings (SSSR count). The molecule has 0 aromatic heterocycles. The molecule has 2 aliphatic carbocycles. The van der Waals surface area contributed by atoms with Crippen molar-refractivity contribution in [1.82, 2.24) is 0 Å². The summed E-state index contributed by atoms with van der Waals surface area (Å²) < 4.78 is 0. The minimum atomic E-state index is -1.06. The summed E-state index contributed by atoms with van der Waals surface area (Å²) in [5.74, 6) is 0. The third-order valence-electron chi connectivity index (χ3n) is 4.22. The van der Waals surface area contributed by atoms with E-state index in [0.717, 1.165) is 6.42 Å². The topological polar surface area (TPSA) is 30.0 Å². The Morgan fingerprint density at radius 2 is 1.28 bits per heavy atom. The molecule has 0 amide bonds. The van der Waals surface area contributed by atoms with Crippen LogP contribution < -0.4 is 18.9 Å². The van der Waals surface area contributed by atoms with Crippen molar-refractivity contribution in [2.45, 2.75) is 77.9 Å². The maximum atomic E-state index is 3.95. The molecule has 0 spiro atoms. The SMILES string of the molecule is [CH2-]CCC/C(=C/CCCCCC)[Si](C)(C)C.[CH]1C=CC=C1.[CH]1C=CC=C1.[Li+].[OH-].[Zr]. The van der Waals surface area contributed by atoms with Gasteiger partial charge in [0.15, 0.2) is 0 Å². The molecule has 0 saturated carbocycles. The molecule has 2 aliphatic rings. The normalized spacial score (nSPS) is 13.3. The van der Waals surface area contributed by atoms with Crippen LogP contribution in [-0.4, -0.2) is 13.6 Å². The van der Waals surface area contributed by atoms with Gasteiger partial charge in [-0.05, 0) is 19.3 Å². The molecule has 0 unspecified atom stereocenters. The first-order chi connectivity index (χ1) is 12.5. The van der Waals surface area contributed by atoms with Crippen LogP contribution in [0.15, 0.2) is 59.9 Å². The number of unbranched alkanes of at least 4 members (excludes halogenated alkanes) is 5. The summed E-state index contributed by atoms with van der Waals surface area (Å²) in [6, 6.07) is 0. The number of hydrogen-bond donors (Lipinski definition) is 0. The van der Waals surface area contributed by atoms with Gasteiger partial charge in [0.1, 0.15) is 0 Å². The fraction of sp³-hybridized carbons (Fsp3) is 0.480. The first-order valence-corrected chi connectivity index (χ1v) is 13.8. The van der Waals surface area contributed by atoms with Crippen molar-refractivity contribution < 1.29 is 50.5 Å². The summed E-state index contributed by atoms with van der Waals surface area (Å²) in [5, 5.41) is 1.77. The predicted octanol–water partition coefficient (Wildman–Crippen LogP) is 5.22. The summed E-state index contributed by atoms with van der Waals surface area (Å²) in [5.41, 5.74) is 0. The molecule has 158 valence electrons. The van der Waals surface area contributed by atoms with E-state index < -0.39 is 8.07 Å². The Morgan fingerprint density at radius 1 is 0.793 bits per heavy atom. The second-order valence-electron chi connectivity index (χ2n) is 7.71. The van der Waals surface area contributed by atoms with E-state index in [9.17, 15) is 0 Å². The molecule has 1 N–H and O–H groups in total. The summed E-state index contributed by atoms with van der Waals surface area (Å²) in [7, 11) is -1.06. The zero-order chi connectivity index (χ0) is 19.5. The number of allylic oxidation sites excluding steroid dienone is 10. The predicted molar refractivity (Wildman–Crippen MR) is 126 cm³/mol. The standard InChI is InChI=1S/C15H31Si.2C5H5.Li.H2O.Zr/c1-6-8-10-11-12-14-15(13-9-7-2)16(3,4)5;2*1-2-4-5-3-1;;;/h14H,2,6-13H2,1,3-5H3;2*1-5H;;1H2;/q-1;;;+1;;/p-1/b15-14-;;;;;. The molecule has 0 aromatic rings. The van der Waals surface area contributed by atoms with E-state index in [2.05, 4.69) is 39.6 Å². The Bertz CT molecular complexity index is 432. The van der Waals surface area contributed by atoms with Crippen molar-refractivity contribution >= 4 is 8.07 Å². The van der Waals surface area contributed by atoms with Gasteiger partial charge in [-0.3, -0.25) is 0 Å². The summed E-state index contributed by atoms with van der Waals surface area (Å²) >= 11 is 0. The molecule has 2 radical (unpaired) electrons. The molecule has 29 heavy (non-hydrogen) atoms. The van der Waals surface area contributed by atoms with Crippen LogP contribution in [-0.2, 0) is 26.2 Å². The molecular formula is C25H42LiOSiZr-. The second-order valence-corrected chi connectivity index (χ2v) is 12.9. The van der Waals surface area contributed by atoms with Crippen LogP contribution >= 0.6 is 0 Å². The van der Waals surface area contributed by atoms with Crippen molar-refractivity contribution in [3.63, 3.8) is 0 Å². The Hall–Kier alpha value is 0.357. The fourth-order valence-corrected chi connectivity index (χ4v) is 4.27. The zero-order valence-corrected chi connectivity index (χ0v) is 23.1. The molecular weight excluding hydrogens is 443 g/mol. The van der Waals surface area contributed by atoms with E-state index in [-0.39, 0.29) is 50.5 Å². The summed E-state index contributed by atoms with van der Waals surface area (Å²) in [4.78, 5) is 0. The Labute approximate surface area is 214 Å². The van der Waals surface area contributed by atoms with E-state index in [0.29, 0.717) is 0 Å². The van der Waals surface area contributed by atoms with E-state index in [4.69, 9.17) is 0 Å². The van der Waals surface area contributed by atoms with Crippen molar-refractivity contribution in [1.29, 1.82) is 0 Å². The molecule has 0 bridgehead atoms. The van der Waals surface area contributed by atoms with E-state index >= 15 is 0 Å². The molecule has 0 aliphatic heterocycles. The van der Waals surface area contributed by atoms with Gasteiger partial charge in [0.25, 0.3) is 0 Å². The van der Waals surface area contributed by atoms with Gasteiger partial charge < -0.3 is 12.4 Å². The van der Waals surface area contributed by atoms with Gasteiger partial charge in [-0.2, -0.15) is 6.42 Å². The van der Waals surface area contributed by atoms with Crippen LogP contribution in [0.25, 0.3) is 0 Å². The zero-order valence-electron chi connectivity index (χ0n) is 19.7. The molecule has 4 heteroatoms. The maximum Gasteiger partial charge on any atom is 1.00 e. The fourth-order valence-electron chi connectivity index (χ4n) is 2.59. The number of rotatable bonds is 9. The van der Waals surface area contributed by atoms with Crippen LogP contribution in [0.5, 0.6) is 0 Å². The average molecular weight is 485 g/mol. The smallest absolute Gasteiger partial charge is 0.870 e. The van der Waals surface area contributed by atoms with Gasteiger partial charge >= 0.3 is 18.9 Å². The van der Waals surface area contributed by atoms with Crippen LogP contribution in [0.2, 0.25) is 19.6 Å². The Balaban J connectivity index is -0.000000196. The Morgan fingerprint density at radius 3 is 1.59 bits per heavy atom. The van der Waals surface area contributed by atoms with Crippen LogP contribution in [0, 0.1) is 19.8 Å². The summed E-state index contributed by atoms with van der Waals surface area (Å²) in [6.45, 7) is 13.6. The van der Waals surface area contributed by atoms with Crippen LogP contribution in [0.4, 0.5) is 0 Å². The van der Waals surface area contributed by atoms with Crippen LogP contribution in [0.3, 0.4) is 0 Å². The third kappa shape index (κ3) is 26.3. The molecule has 1 nitrogen and oxygen atoms in total. The molecule has 0 atom stereocenters. The molecule has 0 fully saturated rings. The van der Waals surface area contributed by atoms with Crippen molar-refractivity contribution in [2.75, 3.05) is 0 Å². The largest absolute Gasteiger partial charge is 1.00 e. The summed E-state index contributed by atoms with van der Waals surface area (Å²) in [6.07, 6.45) is 33.0. The van der Waals surface area contributed by atoms with Gasteiger partial charge in [0.05, 0.1) is 8.07 Å². The van der Waals surface area contributed by atoms with E-state index in [1.807, 2.05) is 61.4 Å². The monoisotopic (exact) mass is 483 g/mol. The van der Waals surface area contributed by atoms with Crippen molar-refractivity contribution in [3.05, 3.63) is 79.6 Å². The third-order valence-corrected chi connectivity index (χ3v) is 6.60. The van der Waals surface area contributed by atoms with Gasteiger partial charge in [-0.15, -0.1) is 0 Å². The van der Waals surface area contributed by atoms with Gasteiger partial charge in [-0.1, -0.05) is 112 Å². The quantitative estimate of drug-likeness (QED) is 0.251. The van der Waals surface area contributed by atoms with Crippen LogP contribution in [0.1, 0.15) is 58.3 Å². The van der Waals surface area contributed by atoms with Gasteiger partial charge in [-0.25, -0.2) is 0 Å². The van der Waals surface area contributed by atoms with Gasteiger partial charge in [0.2, 0.25) is 0 Å². The molecule has 0 heterocycles. The molecule has 0 saturated heterocycles. The van der Waals surface area contributed by atoms with Crippen molar-refractivity contribution in [2.24, 2.45) is 0 Å². The first kappa shape index (κ1) is 36.7. The van der Waals surface area contributed by atoms with Crippen molar-refractivity contribution in [3.8, 4) is 0 Å². The minimum absolute atomic E-state index is 0. The molecule has 0 aromatic carbocycles. The van der Waals surface area contributed by atoms with E-state index in [1.165, 1.54) is 44.9 Å². The number of hydrogen-bond acceptors (Lipinski definition) is 1. The van der Waals surface area contributed by atoms with E-state index in [1.54, 1.807) is 5.20 Å².